The standard InChI is InChI=1S/C16H23NO2/c1-19-9-8-16(6-7-16)11-17-15-5-2-12-10-13(18)3-4-14(12)15/h3-4,10,15,17-18H,2,5-9,11H2,1H3. The normalized spacial score (nSPS) is 23.3. The summed E-state index contributed by atoms with van der Waals surface area (Å²) in [6.45, 7) is 1.97. The first-order valence-electron chi connectivity index (χ1n) is 7.27. The van der Waals surface area contributed by atoms with Gasteiger partial charge < -0.3 is 15.2 Å². The summed E-state index contributed by atoms with van der Waals surface area (Å²) < 4.78 is 5.20. The topological polar surface area (TPSA) is 41.5 Å². The van der Waals surface area contributed by atoms with E-state index < -0.39 is 0 Å². The lowest BCUT2D eigenvalue weighted by atomic mass is 10.0. The molecule has 2 aliphatic carbocycles. The molecule has 1 aromatic rings. The van der Waals surface area contributed by atoms with Gasteiger partial charge in [0, 0.05) is 26.3 Å². The third kappa shape index (κ3) is 2.77. The second kappa shape index (κ2) is 5.14. The van der Waals surface area contributed by atoms with E-state index in [2.05, 4.69) is 11.4 Å². The van der Waals surface area contributed by atoms with Gasteiger partial charge in [-0.25, -0.2) is 0 Å². The van der Waals surface area contributed by atoms with E-state index >= 15 is 0 Å². The average molecular weight is 261 g/mol. The van der Waals surface area contributed by atoms with Crippen LogP contribution in [0.25, 0.3) is 0 Å². The van der Waals surface area contributed by atoms with Crippen molar-refractivity contribution in [3.63, 3.8) is 0 Å². The predicted molar refractivity (Wildman–Crippen MR) is 75.3 cm³/mol. The monoisotopic (exact) mass is 261 g/mol. The Bertz CT molecular complexity index is 454. The van der Waals surface area contributed by atoms with Crippen LogP contribution in [0.2, 0.25) is 0 Å². The summed E-state index contributed by atoms with van der Waals surface area (Å²) in [7, 11) is 1.78. The van der Waals surface area contributed by atoms with Gasteiger partial charge in [-0.1, -0.05) is 6.07 Å². The molecule has 0 bridgehead atoms. The molecule has 1 saturated carbocycles. The number of aryl methyl sites for hydroxylation is 1. The Kier molecular flexibility index (Phi) is 3.50. The van der Waals surface area contributed by atoms with Crippen molar-refractivity contribution in [2.45, 2.75) is 38.1 Å². The summed E-state index contributed by atoms with van der Waals surface area (Å²) in [5.74, 6) is 0.387. The van der Waals surface area contributed by atoms with Gasteiger partial charge in [-0.2, -0.15) is 0 Å². The smallest absolute Gasteiger partial charge is 0.115 e. The minimum Gasteiger partial charge on any atom is -0.508 e. The van der Waals surface area contributed by atoms with E-state index in [9.17, 15) is 5.11 Å². The summed E-state index contributed by atoms with van der Waals surface area (Å²) in [4.78, 5) is 0. The van der Waals surface area contributed by atoms with E-state index in [1.807, 2.05) is 6.07 Å². The van der Waals surface area contributed by atoms with Crippen LogP contribution in [0.3, 0.4) is 0 Å². The predicted octanol–water partition coefficient (Wildman–Crippen LogP) is 2.79. The maximum atomic E-state index is 9.51. The molecule has 2 N–H and O–H groups in total. The second-order valence-corrected chi connectivity index (χ2v) is 6.10. The second-order valence-electron chi connectivity index (χ2n) is 6.10. The molecule has 0 radical (unpaired) electrons. The van der Waals surface area contributed by atoms with Gasteiger partial charge in [-0.15, -0.1) is 0 Å². The first-order chi connectivity index (χ1) is 9.22. The van der Waals surface area contributed by atoms with Crippen LogP contribution in [0.15, 0.2) is 18.2 Å². The molecule has 1 atom stereocenters. The first kappa shape index (κ1) is 12.9. The molecule has 0 aromatic heterocycles. The van der Waals surface area contributed by atoms with Crippen LogP contribution in [0.5, 0.6) is 5.75 Å². The van der Waals surface area contributed by atoms with E-state index in [0.717, 1.165) is 26.0 Å². The number of benzene rings is 1. The number of phenols is 1. The van der Waals surface area contributed by atoms with Crippen LogP contribution < -0.4 is 5.32 Å². The van der Waals surface area contributed by atoms with E-state index in [4.69, 9.17) is 4.74 Å². The Morgan fingerprint density at radius 2 is 2.26 bits per heavy atom. The van der Waals surface area contributed by atoms with Gasteiger partial charge in [0.1, 0.15) is 5.75 Å². The van der Waals surface area contributed by atoms with Crippen LogP contribution in [0.1, 0.15) is 42.9 Å². The summed E-state index contributed by atoms with van der Waals surface area (Å²) >= 11 is 0. The molecular weight excluding hydrogens is 238 g/mol. The van der Waals surface area contributed by atoms with Gasteiger partial charge in [0.2, 0.25) is 0 Å². The number of hydrogen-bond donors (Lipinski definition) is 2. The van der Waals surface area contributed by atoms with Crippen molar-refractivity contribution in [3.8, 4) is 5.75 Å². The molecule has 0 spiro atoms. The summed E-state index contributed by atoms with van der Waals surface area (Å²) in [5, 5.41) is 13.2. The molecular formula is C16H23NO2. The van der Waals surface area contributed by atoms with Crippen molar-refractivity contribution in [2.24, 2.45) is 5.41 Å². The van der Waals surface area contributed by atoms with Gasteiger partial charge in [0.05, 0.1) is 0 Å². The molecule has 0 saturated heterocycles. The van der Waals surface area contributed by atoms with Crippen molar-refractivity contribution in [1.29, 1.82) is 0 Å². The van der Waals surface area contributed by atoms with Gasteiger partial charge in [-0.3, -0.25) is 0 Å². The molecule has 3 nitrogen and oxygen atoms in total. The number of nitrogens with one attached hydrogen (secondary N) is 1. The van der Waals surface area contributed by atoms with Gasteiger partial charge in [0.25, 0.3) is 0 Å². The molecule has 1 unspecified atom stereocenters. The number of phenolic OH excluding ortho intramolecular Hbond substituents is 1. The minimum absolute atomic E-state index is 0.387. The van der Waals surface area contributed by atoms with E-state index in [1.165, 1.54) is 30.4 Å². The number of methoxy groups -OCH3 is 1. The molecule has 2 aliphatic rings. The largest absolute Gasteiger partial charge is 0.508 e. The van der Waals surface area contributed by atoms with Crippen LogP contribution in [-0.4, -0.2) is 25.4 Å². The third-order valence-electron chi connectivity index (χ3n) is 4.72. The van der Waals surface area contributed by atoms with Crippen molar-refractivity contribution in [3.05, 3.63) is 29.3 Å². The fourth-order valence-electron chi connectivity index (χ4n) is 3.17. The molecule has 0 aliphatic heterocycles. The minimum atomic E-state index is 0.387. The molecule has 3 rings (SSSR count). The molecule has 1 fully saturated rings. The number of rotatable bonds is 6. The molecule has 0 heterocycles. The highest BCUT2D eigenvalue weighted by Gasteiger charge is 2.42. The average Bonchev–Trinajstić information content (AvgIpc) is 3.08. The van der Waals surface area contributed by atoms with Crippen molar-refractivity contribution < 1.29 is 9.84 Å². The molecule has 19 heavy (non-hydrogen) atoms. The van der Waals surface area contributed by atoms with Crippen LogP contribution >= 0.6 is 0 Å². The summed E-state index contributed by atoms with van der Waals surface area (Å²) in [6.07, 6.45) is 6.06. The van der Waals surface area contributed by atoms with Crippen LogP contribution in [-0.2, 0) is 11.2 Å². The highest BCUT2D eigenvalue weighted by Crippen LogP contribution is 2.48. The zero-order valence-electron chi connectivity index (χ0n) is 11.6. The van der Waals surface area contributed by atoms with Crippen molar-refractivity contribution in [1.82, 2.24) is 5.32 Å². The zero-order valence-corrected chi connectivity index (χ0v) is 11.6. The van der Waals surface area contributed by atoms with E-state index in [1.54, 1.807) is 13.2 Å². The van der Waals surface area contributed by atoms with Crippen LogP contribution in [0, 0.1) is 5.41 Å². The number of hydrogen-bond acceptors (Lipinski definition) is 3. The third-order valence-corrected chi connectivity index (χ3v) is 4.72. The maximum absolute atomic E-state index is 9.51. The molecule has 3 heteroatoms. The van der Waals surface area contributed by atoms with Gasteiger partial charge in [0.15, 0.2) is 0 Å². The highest BCUT2D eigenvalue weighted by molar-refractivity contribution is 5.40. The first-order valence-corrected chi connectivity index (χ1v) is 7.27. The Morgan fingerprint density at radius 3 is 3.00 bits per heavy atom. The lowest BCUT2D eigenvalue weighted by Gasteiger charge is -2.20. The van der Waals surface area contributed by atoms with E-state index in [-0.39, 0.29) is 0 Å². The Hall–Kier alpha value is -1.06. The fraction of sp³-hybridized carbons (Fsp3) is 0.625. The van der Waals surface area contributed by atoms with E-state index in [0.29, 0.717) is 17.2 Å². The number of aromatic hydroxyl groups is 1. The summed E-state index contributed by atoms with van der Waals surface area (Å²) in [5.41, 5.74) is 3.18. The Balaban J connectivity index is 1.58. The van der Waals surface area contributed by atoms with Gasteiger partial charge >= 0.3 is 0 Å². The quantitative estimate of drug-likeness (QED) is 0.827. The maximum Gasteiger partial charge on any atom is 0.115 e. The summed E-state index contributed by atoms with van der Waals surface area (Å²) in [6, 6.07) is 6.26. The molecule has 0 amide bonds. The van der Waals surface area contributed by atoms with Crippen molar-refractivity contribution >= 4 is 0 Å². The number of fused-ring (bicyclic) bond motifs is 1. The highest BCUT2D eigenvalue weighted by atomic mass is 16.5. The van der Waals surface area contributed by atoms with Gasteiger partial charge in [-0.05, 0) is 60.8 Å². The zero-order chi connectivity index (χ0) is 13.3. The lowest BCUT2D eigenvalue weighted by molar-refractivity contribution is 0.170. The van der Waals surface area contributed by atoms with Crippen molar-refractivity contribution in [2.75, 3.05) is 20.3 Å². The van der Waals surface area contributed by atoms with Crippen LogP contribution in [0.4, 0.5) is 0 Å². The number of ether oxygens (including phenoxy) is 1. The fourth-order valence-corrected chi connectivity index (χ4v) is 3.17. The Labute approximate surface area is 115 Å². The lowest BCUT2D eigenvalue weighted by Crippen LogP contribution is -2.28. The SMILES string of the molecule is COCCC1(CNC2CCc3cc(O)ccc32)CC1. The Morgan fingerprint density at radius 1 is 1.42 bits per heavy atom. The molecule has 104 valence electrons. The molecule has 1 aromatic carbocycles.